The fourth-order valence-corrected chi connectivity index (χ4v) is 1.83. The van der Waals surface area contributed by atoms with Gasteiger partial charge < -0.3 is 35.1 Å². The smallest absolute Gasteiger partial charge is 0.407 e. The average Bonchev–Trinajstić information content (AvgIpc) is 2.64. The SMILES string of the molecule is CCCCOC(COC(=O)NCCCCO)COC(=O)NCCCCO. The Labute approximate surface area is 155 Å². The molecule has 0 rings (SSSR count). The minimum atomic E-state index is -0.569. The molecule has 0 aromatic carbocycles. The average molecular weight is 378 g/mol. The summed E-state index contributed by atoms with van der Waals surface area (Å²) in [5, 5.41) is 22.5. The van der Waals surface area contributed by atoms with Crippen molar-refractivity contribution >= 4 is 12.2 Å². The summed E-state index contributed by atoms with van der Waals surface area (Å²) in [5.74, 6) is 0. The molecule has 0 aliphatic rings. The Kier molecular flexibility index (Phi) is 17.1. The third-order valence-corrected chi connectivity index (χ3v) is 3.36. The number of aliphatic hydroxyl groups is 2. The van der Waals surface area contributed by atoms with Gasteiger partial charge in [-0.15, -0.1) is 0 Å². The number of ether oxygens (including phenoxy) is 3. The van der Waals surface area contributed by atoms with Crippen LogP contribution in [0, 0.1) is 0 Å². The normalized spacial score (nSPS) is 10.6. The van der Waals surface area contributed by atoms with Crippen molar-refractivity contribution in [1.29, 1.82) is 0 Å². The molecular weight excluding hydrogens is 344 g/mol. The first kappa shape index (κ1) is 24.4. The van der Waals surface area contributed by atoms with Gasteiger partial charge in [-0.05, 0) is 32.1 Å². The zero-order valence-electron chi connectivity index (χ0n) is 15.7. The van der Waals surface area contributed by atoms with Crippen LogP contribution in [0.15, 0.2) is 0 Å². The van der Waals surface area contributed by atoms with Crippen molar-refractivity contribution in [3.05, 3.63) is 0 Å². The Balaban J connectivity index is 4.05. The van der Waals surface area contributed by atoms with Crippen LogP contribution >= 0.6 is 0 Å². The molecule has 0 unspecified atom stereocenters. The number of alkyl carbamates (subject to hydrolysis) is 2. The van der Waals surface area contributed by atoms with E-state index < -0.39 is 18.3 Å². The standard InChI is InChI=1S/C17H34N2O7/c1-2-3-12-24-15(13-25-16(22)18-8-4-6-10-20)14-26-17(23)19-9-5-7-11-21/h15,20-21H,2-14H2,1H3,(H,18,22)(H,19,23). The summed E-state index contributed by atoms with van der Waals surface area (Å²) in [6, 6.07) is 0. The van der Waals surface area contributed by atoms with E-state index in [4.69, 9.17) is 24.4 Å². The molecule has 0 atom stereocenters. The van der Waals surface area contributed by atoms with Gasteiger partial charge in [-0.3, -0.25) is 0 Å². The van der Waals surface area contributed by atoms with Gasteiger partial charge in [-0.2, -0.15) is 0 Å². The fraction of sp³-hybridized carbons (Fsp3) is 0.882. The Morgan fingerprint density at radius 2 is 1.35 bits per heavy atom. The molecule has 0 saturated carbocycles. The number of nitrogens with one attached hydrogen (secondary N) is 2. The second-order valence-electron chi connectivity index (χ2n) is 5.76. The lowest BCUT2D eigenvalue weighted by molar-refractivity contribution is -0.0293. The maximum atomic E-state index is 11.6. The van der Waals surface area contributed by atoms with Crippen molar-refractivity contribution < 1.29 is 34.0 Å². The van der Waals surface area contributed by atoms with Crippen molar-refractivity contribution in [2.75, 3.05) is 46.1 Å². The molecule has 26 heavy (non-hydrogen) atoms. The molecule has 0 radical (unpaired) electrons. The highest BCUT2D eigenvalue weighted by Gasteiger charge is 2.15. The minimum Gasteiger partial charge on any atom is -0.447 e. The van der Waals surface area contributed by atoms with Crippen LogP contribution in [0.5, 0.6) is 0 Å². The number of rotatable bonds is 16. The molecule has 4 N–H and O–H groups in total. The lowest BCUT2D eigenvalue weighted by Crippen LogP contribution is -2.34. The molecule has 0 aromatic rings. The monoisotopic (exact) mass is 378 g/mol. The topological polar surface area (TPSA) is 126 Å². The van der Waals surface area contributed by atoms with Crippen LogP contribution in [0.2, 0.25) is 0 Å². The van der Waals surface area contributed by atoms with Gasteiger partial charge in [0.05, 0.1) is 0 Å². The summed E-state index contributed by atoms with van der Waals surface area (Å²) in [4.78, 5) is 23.2. The fourth-order valence-electron chi connectivity index (χ4n) is 1.83. The van der Waals surface area contributed by atoms with Gasteiger partial charge in [0.1, 0.15) is 19.3 Å². The van der Waals surface area contributed by atoms with Gasteiger partial charge in [-0.1, -0.05) is 13.3 Å². The van der Waals surface area contributed by atoms with Gasteiger partial charge in [0.15, 0.2) is 0 Å². The van der Waals surface area contributed by atoms with E-state index in [9.17, 15) is 9.59 Å². The molecule has 9 nitrogen and oxygen atoms in total. The number of carbonyl (C=O) groups is 2. The first-order valence-electron chi connectivity index (χ1n) is 9.28. The highest BCUT2D eigenvalue weighted by Crippen LogP contribution is 2.00. The Bertz CT molecular complexity index is 328. The van der Waals surface area contributed by atoms with Crippen molar-refractivity contribution in [3.8, 4) is 0 Å². The van der Waals surface area contributed by atoms with Crippen molar-refractivity contribution in [2.24, 2.45) is 0 Å². The molecule has 0 fully saturated rings. The first-order valence-corrected chi connectivity index (χ1v) is 9.28. The van der Waals surface area contributed by atoms with E-state index in [1.165, 1.54) is 0 Å². The Morgan fingerprint density at radius 1 is 0.846 bits per heavy atom. The number of hydrogen-bond donors (Lipinski definition) is 4. The molecule has 0 saturated heterocycles. The van der Waals surface area contributed by atoms with Crippen LogP contribution in [0.25, 0.3) is 0 Å². The molecule has 0 aliphatic heterocycles. The molecule has 0 spiro atoms. The third kappa shape index (κ3) is 15.9. The molecular formula is C17H34N2O7. The summed E-state index contributed by atoms with van der Waals surface area (Å²) in [6.45, 7) is 3.50. The second-order valence-corrected chi connectivity index (χ2v) is 5.76. The number of amides is 2. The molecule has 0 heterocycles. The summed E-state index contributed by atoms with van der Waals surface area (Å²) in [7, 11) is 0. The summed E-state index contributed by atoms with van der Waals surface area (Å²) >= 11 is 0. The minimum absolute atomic E-state index is 0.0205. The van der Waals surface area contributed by atoms with Gasteiger partial charge in [0.25, 0.3) is 0 Å². The van der Waals surface area contributed by atoms with Gasteiger partial charge in [0.2, 0.25) is 0 Å². The maximum absolute atomic E-state index is 11.6. The Hall–Kier alpha value is -1.58. The van der Waals surface area contributed by atoms with E-state index in [0.29, 0.717) is 45.4 Å². The molecule has 9 heteroatoms. The molecule has 2 amide bonds. The zero-order valence-corrected chi connectivity index (χ0v) is 15.7. The van der Waals surface area contributed by atoms with Crippen LogP contribution in [0.3, 0.4) is 0 Å². The van der Waals surface area contributed by atoms with E-state index in [2.05, 4.69) is 10.6 Å². The van der Waals surface area contributed by atoms with Crippen LogP contribution in [0.1, 0.15) is 45.4 Å². The lowest BCUT2D eigenvalue weighted by atomic mass is 10.3. The molecule has 154 valence electrons. The number of aliphatic hydroxyl groups excluding tert-OH is 2. The quantitative estimate of drug-likeness (QED) is 0.297. The largest absolute Gasteiger partial charge is 0.447 e. The van der Waals surface area contributed by atoms with Crippen LogP contribution < -0.4 is 10.6 Å². The van der Waals surface area contributed by atoms with Gasteiger partial charge in [-0.25, -0.2) is 9.59 Å². The highest BCUT2D eigenvalue weighted by atomic mass is 16.6. The Morgan fingerprint density at radius 3 is 1.77 bits per heavy atom. The van der Waals surface area contributed by atoms with E-state index in [1.54, 1.807) is 0 Å². The number of unbranched alkanes of at least 4 members (excludes halogenated alkanes) is 3. The summed E-state index contributed by atoms with van der Waals surface area (Å²) < 4.78 is 15.8. The van der Waals surface area contributed by atoms with Crippen LogP contribution in [-0.2, 0) is 14.2 Å². The molecule has 0 bridgehead atoms. The predicted octanol–water partition coefficient (Wildman–Crippen LogP) is 1.17. The lowest BCUT2D eigenvalue weighted by Gasteiger charge is -2.18. The van der Waals surface area contributed by atoms with E-state index in [1.807, 2.05) is 6.92 Å². The summed E-state index contributed by atoms with van der Waals surface area (Å²) in [5.41, 5.74) is 0. The maximum Gasteiger partial charge on any atom is 0.407 e. The summed E-state index contributed by atoms with van der Waals surface area (Å²) in [6.07, 6.45) is 2.72. The van der Waals surface area contributed by atoms with Crippen molar-refractivity contribution in [1.82, 2.24) is 10.6 Å². The van der Waals surface area contributed by atoms with Gasteiger partial charge in [0, 0.05) is 32.9 Å². The van der Waals surface area contributed by atoms with E-state index >= 15 is 0 Å². The molecule has 0 aromatic heterocycles. The highest BCUT2D eigenvalue weighted by molar-refractivity contribution is 5.67. The van der Waals surface area contributed by atoms with Crippen molar-refractivity contribution in [3.63, 3.8) is 0 Å². The zero-order chi connectivity index (χ0) is 19.5. The number of hydrogen-bond acceptors (Lipinski definition) is 7. The van der Waals surface area contributed by atoms with Crippen LogP contribution in [-0.4, -0.2) is 74.6 Å². The van der Waals surface area contributed by atoms with E-state index in [0.717, 1.165) is 12.8 Å². The van der Waals surface area contributed by atoms with Crippen molar-refractivity contribution in [2.45, 2.75) is 51.6 Å². The third-order valence-electron chi connectivity index (χ3n) is 3.36. The van der Waals surface area contributed by atoms with Crippen LogP contribution in [0.4, 0.5) is 9.59 Å². The van der Waals surface area contributed by atoms with Gasteiger partial charge >= 0.3 is 12.2 Å². The predicted molar refractivity (Wildman–Crippen MR) is 96.0 cm³/mol. The van der Waals surface area contributed by atoms with E-state index in [-0.39, 0.29) is 26.4 Å². The number of carbonyl (C=O) groups excluding carboxylic acids is 2. The first-order chi connectivity index (χ1) is 12.6. The second kappa shape index (κ2) is 18.2. The molecule has 0 aliphatic carbocycles.